The fourth-order valence-electron chi connectivity index (χ4n) is 3.84. The molecule has 4 rings (SSSR count). The van der Waals surface area contributed by atoms with Gasteiger partial charge in [0.1, 0.15) is 12.2 Å². The molecule has 0 radical (unpaired) electrons. The summed E-state index contributed by atoms with van der Waals surface area (Å²) < 4.78 is 26.1. The van der Waals surface area contributed by atoms with Crippen molar-refractivity contribution < 1.29 is 23.3 Å². The van der Waals surface area contributed by atoms with Crippen LogP contribution in [0.3, 0.4) is 0 Å². The lowest BCUT2D eigenvalue weighted by Gasteiger charge is -2.24. The second-order valence-corrected chi connectivity index (χ2v) is 8.77. The third-order valence-corrected chi connectivity index (χ3v) is 7.24. The van der Waals surface area contributed by atoms with Gasteiger partial charge in [0, 0.05) is 18.5 Å². The number of hydrogen-bond acceptors (Lipinski definition) is 6. The predicted octanol–water partition coefficient (Wildman–Crippen LogP) is 3.37. The molecule has 1 aromatic rings. The molecule has 3 saturated heterocycles. The van der Waals surface area contributed by atoms with Gasteiger partial charge in [-0.2, -0.15) is 0 Å². The molecule has 3 fully saturated rings. The SMILES string of the molecule is C[C@@H]1[C@H](OC(=O)c2ccccc2)[C@@H](COP2OCC3CCCN32)O[C@H]1C. The first-order valence-corrected chi connectivity index (χ1v) is 10.5. The van der Waals surface area contributed by atoms with E-state index in [1.54, 1.807) is 12.1 Å². The maximum Gasteiger partial charge on any atom is 0.338 e. The smallest absolute Gasteiger partial charge is 0.338 e. The second-order valence-electron chi connectivity index (χ2n) is 7.26. The van der Waals surface area contributed by atoms with E-state index < -0.39 is 8.53 Å². The van der Waals surface area contributed by atoms with Gasteiger partial charge in [-0.1, -0.05) is 25.1 Å². The fraction of sp³-hybridized carbons (Fsp3) is 0.632. The maximum absolute atomic E-state index is 12.5. The number of benzene rings is 1. The summed E-state index contributed by atoms with van der Waals surface area (Å²) in [6.07, 6.45) is 1.84. The van der Waals surface area contributed by atoms with Gasteiger partial charge in [0.05, 0.1) is 24.9 Å². The normalized spacial score (nSPS) is 37.0. The number of hydrogen-bond donors (Lipinski definition) is 0. The Hall–Kier alpha value is -1.04. The van der Waals surface area contributed by atoms with Gasteiger partial charge >= 0.3 is 5.97 Å². The van der Waals surface area contributed by atoms with Crippen LogP contribution in [0.2, 0.25) is 0 Å². The molecule has 7 heteroatoms. The van der Waals surface area contributed by atoms with E-state index in [-0.39, 0.29) is 30.2 Å². The van der Waals surface area contributed by atoms with Crippen LogP contribution in [0.15, 0.2) is 30.3 Å². The number of esters is 1. The monoisotopic (exact) mass is 379 g/mol. The minimum absolute atomic E-state index is 0.0222. The van der Waals surface area contributed by atoms with Gasteiger partial charge in [-0.3, -0.25) is 0 Å². The van der Waals surface area contributed by atoms with Crippen molar-refractivity contribution in [1.29, 1.82) is 0 Å². The number of nitrogens with zero attached hydrogens (tertiary/aromatic N) is 1. The Bertz CT molecular complexity index is 630. The van der Waals surface area contributed by atoms with Crippen molar-refractivity contribution in [1.82, 2.24) is 4.67 Å². The number of carbonyl (C=O) groups excluding carboxylic acids is 1. The molecule has 6 atom stereocenters. The van der Waals surface area contributed by atoms with E-state index in [0.717, 1.165) is 13.2 Å². The van der Waals surface area contributed by atoms with Crippen molar-refractivity contribution in [2.45, 2.75) is 51.0 Å². The molecule has 3 aliphatic rings. The second kappa shape index (κ2) is 7.91. The summed E-state index contributed by atoms with van der Waals surface area (Å²) in [5, 5.41) is 0. The van der Waals surface area contributed by atoms with Crippen LogP contribution in [0.4, 0.5) is 0 Å². The van der Waals surface area contributed by atoms with E-state index in [1.165, 1.54) is 12.8 Å². The van der Waals surface area contributed by atoms with Crippen LogP contribution in [0, 0.1) is 5.92 Å². The predicted molar refractivity (Wildman–Crippen MR) is 97.7 cm³/mol. The van der Waals surface area contributed by atoms with Gasteiger partial charge in [0.15, 0.2) is 0 Å². The largest absolute Gasteiger partial charge is 0.456 e. The fourth-order valence-corrected chi connectivity index (χ4v) is 5.54. The summed E-state index contributed by atoms with van der Waals surface area (Å²) in [7, 11) is -1.00. The Kier molecular flexibility index (Phi) is 5.58. The number of carbonyl (C=O) groups is 1. The standard InChI is InChI=1S/C19H26NO5P/c1-13-14(2)24-17(12-23-26-20-10-6-9-16(20)11-22-26)18(13)25-19(21)15-7-4-3-5-8-15/h3-5,7-8,13-14,16-18H,6,9-12H2,1-2H3/t13-,14-,16?,17+,18-,26?/m0/s1. The Morgan fingerprint density at radius 2 is 2.12 bits per heavy atom. The van der Waals surface area contributed by atoms with Crippen LogP contribution in [-0.2, 0) is 18.5 Å². The minimum atomic E-state index is -1.00. The highest BCUT2D eigenvalue weighted by Gasteiger charge is 2.45. The zero-order valence-electron chi connectivity index (χ0n) is 15.2. The molecule has 26 heavy (non-hydrogen) atoms. The summed E-state index contributed by atoms with van der Waals surface area (Å²) in [5.41, 5.74) is 0.558. The summed E-state index contributed by atoms with van der Waals surface area (Å²) >= 11 is 0. The molecule has 0 saturated carbocycles. The molecule has 0 N–H and O–H groups in total. The van der Waals surface area contributed by atoms with Crippen molar-refractivity contribution >= 4 is 14.5 Å². The Labute approximate surface area is 155 Å². The average Bonchev–Trinajstić information content (AvgIpc) is 3.33. The van der Waals surface area contributed by atoms with E-state index in [1.807, 2.05) is 25.1 Å². The molecule has 3 aliphatic heterocycles. The topological polar surface area (TPSA) is 57.2 Å². The van der Waals surface area contributed by atoms with E-state index in [9.17, 15) is 4.79 Å². The van der Waals surface area contributed by atoms with Crippen molar-refractivity contribution in [3.8, 4) is 0 Å². The third-order valence-electron chi connectivity index (χ3n) is 5.55. The number of fused-ring (bicyclic) bond motifs is 1. The van der Waals surface area contributed by atoms with Crippen LogP contribution >= 0.6 is 8.53 Å². The van der Waals surface area contributed by atoms with Crippen LogP contribution in [-0.4, -0.2) is 54.8 Å². The molecule has 1 aromatic carbocycles. The van der Waals surface area contributed by atoms with Gasteiger partial charge in [0.25, 0.3) is 8.53 Å². The minimum Gasteiger partial charge on any atom is -0.456 e. The molecule has 142 valence electrons. The zero-order valence-corrected chi connectivity index (χ0v) is 16.1. The molecule has 0 amide bonds. The summed E-state index contributed by atoms with van der Waals surface area (Å²) in [4.78, 5) is 12.5. The number of rotatable bonds is 5. The molecular formula is C19H26NO5P. The lowest BCUT2D eigenvalue weighted by Crippen LogP contribution is -2.34. The highest BCUT2D eigenvalue weighted by Crippen LogP contribution is 2.53. The quantitative estimate of drug-likeness (QED) is 0.578. The first kappa shape index (κ1) is 18.3. The van der Waals surface area contributed by atoms with E-state index in [2.05, 4.69) is 11.6 Å². The lowest BCUT2D eigenvalue weighted by molar-refractivity contribution is -0.0279. The Morgan fingerprint density at radius 1 is 1.31 bits per heavy atom. The average molecular weight is 379 g/mol. The van der Waals surface area contributed by atoms with E-state index >= 15 is 0 Å². The summed E-state index contributed by atoms with van der Waals surface area (Å²) in [6, 6.07) is 9.59. The van der Waals surface area contributed by atoms with Crippen molar-refractivity contribution in [2.24, 2.45) is 5.92 Å². The summed E-state index contributed by atoms with van der Waals surface area (Å²) in [6.45, 7) is 6.26. The molecule has 0 aliphatic carbocycles. The summed E-state index contributed by atoms with van der Waals surface area (Å²) in [5.74, 6) is -0.194. The van der Waals surface area contributed by atoms with Crippen LogP contribution in [0.1, 0.15) is 37.0 Å². The Morgan fingerprint density at radius 3 is 2.92 bits per heavy atom. The van der Waals surface area contributed by atoms with Crippen LogP contribution in [0.5, 0.6) is 0 Å². The molecule has 2 unspecified atom stereocenters. The molecule has 0 bridgehead atoms. The highest BCUT2D eigenvalue weighted by atomic mass is 31.2. The molecule has 3 heterocycles. The van der Waals surface area contributed by atoms with Gasteiger partial charge in [-0.15, -0.1) is 0 Å². The third kappa shape index (κ3) is 3.67. The molecule has 0 aromatic heterocycles. The van der Waals surface area contributed by atoms with Crippen LogP contribution in [0.25, 0.3) is 0 Å². The molecule has 0 spiro atoms. The number of ether oxygens (including phenoxy) is 2. The Balaban J connectivity index is 1.37. The zero-order chi connectivity index (χ0) is 18.1. The molecule has 6 nitrogen and oxygen atoms in total. The van der Waals surface area contributed by atoms with Crippen molar-refractivity contribution in [2.75, 3.05) is 19.8 Å². The van der Waals surface area contributed by atoms with Gasteiger partial charge < -0.3 is 18.5 Å². The van der Waals surface area contributed by atoms with Crippen molar-refractivity contribution in [3.63, 3.8) is 0 Å². The lowest BCUT2D eigenvalue weighted by atomic mass is 9.99. The van der Waals surface area contributed by atoms with Gasteiger partial charge in [-0.05, 0) is 31.9 Å². The molecular weight excluding hydrogens is 353 g/mol. The van der Waals surface area contributed by atoms with Gasteiger partial charge in [0.2, 0.25) is 0 Å². The maximum atomic E-state index is 12.5. The highest BCUT2D eigenvalue weighted by molar-refractivity contribution is 7.44. The first-order chi connectivity index (χ1) is 12.6. The van der Waals surface area contributed by atoms with Crippen molar-refractivity contribution in [3.05, 3.63) is 35.9 Å². The van der Waals surface area contributed by atoms with E-state index in [4.69, 9.17) is 18.5 Å². The van der Waals surface area contributed by atoms with E-state index in [0.29, 0.717) is 18.2 Å². The van der Waals surface area contributed by atoms with Gasteiger partial charge in [-0.25, -0.2) is 9.46 Å². The first-order valence-electron chi connectivity index (χ1n) is 9.37. The van der Waals surface area contributed by atoms with Crippen LogP contribution < -0.4 is 0 Å².